The van der Waals surface area contributed by atoms with Crippen LogP contribution in [0.2, 0.25) is 5.02 Å². The molecule has 0 fully saturated rings. The first-order valence-corrected chi connectivity index (χ1v) is 10.3. The molecule has 2 aromatic carbocycles. The lowest BCUT2D eigenvalue weighted by Gasteiger charge is -2.35. The Kier molecular flexibility index (Phi) is 7.29. The summed E-state index contributed by atoms with van der Waals surface area (Å²) in [5.41, 5.74) is 3.96. The number of hydrogen-bond donors (Lipinski definition) is 0. The van der Waals surface area contributed by atoms with E-state index in [2.05, 4.69) is 0 Å². The summed E-state index contributed by atoms with van der Waals surface area (Å²) in [6.45, 7) is 4.66. The van der Waals surface area contributed by atoms with Crippen LogP contribution in [0.3, 0.4) is 0 Å². The number of halogens is 1. The quantitative estimate of drug-likeness (QED) is 0.477. The number of carbonyl (C=O) groups is 2. The molecule has 0 saturated carbocycles. The normalized spacial score (nSPS) is 16.7. The highest BCUT2D eigenvalue weighted by atomic mass is 35.5. The lowest BCUT2D eigenvalue weighted by molar-refractivity contribution is -0.141. The summed E-state index contributed by atoms with van der Waals surface area (Å²) in [6, 6.07) is 15.3. The predicted molar refractivity (Wildman–Crippen MR) is 116 cm³/mol. The summed E-state index contributed by atoms with van der Waals surface area (Å²) >= 11 is 6.41. The van der Waals surface area contributed by atoms with Gasteiger partial charge in [-0.3, -0.25) is 4.79 Å². The van der Waals surface area contributed by atoms with Crippen molar-refractivity contribution in [3.63, 3.8) is 0 Å². The van der Waals surface area contributed by atoms with Gasteiger partial charge in [0.1, 0.15) is 6.61 Å². The van der Waals surface area contributed by atoms with Crippen LogP contribution < -0.4 is 0 Å². The smallest absolute Gasteiger partial charge is 0.336 e. The van der Waals surface area contributed by atoms with Crippen molar-refractivity contribution in [1.82, 2.24) is 4.90 Å². The summed E-state index contributed by atoms with van der Waals surface area (Å²) < 4.78 is 10.4. The van der Waals surface area contributed by atoms with E-state index >= 15 is 0 Å². The van der Waals surface area contributed by atoms with Gasteiger partial charge in [0.2, 0.25) is 5.91 Å². The van der Waals surface area contributed by atoms with Crippen molar-refractivity contribution in [2.24, 2.45) is 0 Å². The molecular formula is C24H26ClNO4. The number of hydrogen-bond acceptors (Lipinski definition) is 4. The van der Waals surface area contributed by atoms with Crippen LogP contribution in [0.25, 0.3) is 0 Å². The molecule has 1 unspecified atom stereocenters. The van der Waals surface area contributed by atoms with Crippen molar-refractivity contribution >= 4 is 23.5 Å². The molecule has 1 atom stereocenters. The van der Waals surface area contributed by atoms with Crippen LogP contribution in [0.5, 0.6) is 0 Å². The fourth-order valence-corrected chi connectivity index (χ4v) is 3.93. The Morgan fingerprint density at radius 2 is 1.80 bits per heavy atom. The molecule has 0 N–H and O–H groups in total. The average Bonchev–Trinajstić information content (AvgIpc) is 2.72. The third kappa shape index (κ3) is 4.91. The Bertz CT molecular complexity index is 952. The van der Waals surface area contributed by atoms with Gasteiger partial charge in [-0.05, 0) is 31.0 Å². The van der Waals surface area contributed by atoms with Gasteiger partial charge in [-0.25, -0.2) is 4.79 Å². The summed E-state index contributed by atoms with van der Waals surface area (Å²) in [5.74, 6) is -0.946. The molecule has 0 bridgehead atoms. The van der Waals surface area contributed by atoms with Crippen LogP contribution in [0.15, 0.2) is 59.8 Å². The molecule has 6 heteroatoms. The van der Waals surface area contributed by atoms with Crippen molar-refractivity contribution in [2.75, 3.05) is 20.3 Å². The summed E-state index contributed by atoms with van der Waals surface area (Å²) in [6.07, 6.45) is 0.154. The van der Waals surface area contributed by atoms with Gasteiger partial charge in [-0.1, -0.05) is 59.6 Å². The lowest BCUT2D eigenvalue weighted by atomic mass is 9.83. The number of benzene rings is 2. The fraction of sp³-hybridized carbons (Fsp3) is 0.333. The predicted octanol–water partition coefficient (Wildman–Crippen LogP) is 4.63. The Labute approximate surface area is 182 Å². The molecule has 3 rings (SSSR count). The zero-order valence-corrected chi connectivity index (χ0v) is 18.2. The van der Waals surface area contributed by atoms with Gasteiger partial charge in [0, 0.05) is 30.2 Å². The van der Waals surface area contributed by atoms with E-state index in [1.807, 2.05) is 49.4 Å². The number of allylic oxidation sites excluding steroid dienone is 1. The van der Waals surface area contributed by atoms with Crippen molar-refractivity contribution in [3.05, 3.63) is 81.5 Å². The first-order valence-electron chi connectivity index (χ1n) is 9.89. The minimum atomic E-state index is -0.449. The molecule has 1 amide bonds. The number of amides is 1. The fourth-order valence-electron chi connectivity index (χ4n) is 3.66. The van der Waals surface area contributed by atoms with Gasteiger partial charge >= 0.3 is 5.97 Å². The van der Waals surface area contributed by atoms with Crippen LogP contribution in [0, 0.1) is 6.92 Å². The topological polar surface area (TPSA) is 55.8 Å². The second kappa shape index (κ2) is 9.92. The van der Waals surface area contributed by atoms with E-state index in [1.165, 1.54) is 0 Å². The van der Waals surface area contributed by atoms with Gasteiger partial charge < -0.3 is 14.4 Å². The van der Waals surface area contributed by atoms with E-state index in [1.54, 1.807) is 25.0 Å². The minimum Gasteiger partial charge on any atom is -0.460 e. The molecule has 5 nitrogen and oxygen atoms in total. The maximum absolute atomic E-state index is 13.1. The third-order valence-electron chi connectivity index (χ3n) is 5.31. The monoisotopic (exact) mass is 427 g/mol. The number of ether oxygens (including phenoxy) is 2. The zero-order chi connectivity index (χ0) is 21.7. The highest BCUT2D eigenvalue weighted by Gasteiger charge is 2.37. The van der Waals surface area contributed by atoms with Gasteiger partial charge in [0.25, 0.3) is 0 Å². The summed E-state index contributed by atoms with van der Waals surface area (Å²) in [7, 11) is 1.55. The van der Waals surface area contributed by atoms with E-state index < -0.39 is 11.9 Å². The second-order valence-electron chi connectivity index (χ2n) is 7.37. The van der Waals surface area contributed by atoms with Crippen LogP contribution in [-0.2, 0) is 25.6 Å². The van der Waals surface area contributed by atoms with Crippen LogP contribution >= 0.6 is 11.6 Å². The van der Waals surface area contributed by atoms with E-state index in [9.17, 15) is 9.59 Å². The van der Waals surface area contributed by atoms with E-state index in [0.717, 1.165) is 16.7 Å². The average molecular weight is 428 g/mol. The number of methoxy groups -OCH3 is 1. The summed E-state index contributed by atoms with van der Waals surface area (Å²) in [4.78, 5) is 27.7. The second-order valence-corrected chi connectivity index (χ2v) is 7.78. The highest BCUT2D eigenvalue weighted by Crippen LogP contribution is 2.40. The Morgan fingerprint density at radius 1 is 1.10 bits per heavy atom. The minimum absolute atomic E-state index is 0.0496. The molecule has 0 saturated heterocycles. The molecule has 0 spiro atoms. The Hall–Kier alpha value is -2.63. The number of esters is 1. The number of nitrogens with zero attached hydrogens (tertiary/aromatic N) is 1. The first kappa shape index (κ1) is 22.1. The number of aryl methyl sites for hydroxylation is 1. The maximum Gasteiger partial charge on any atom is 0.336 e. The van der Waals surface area contributed by atoms with Gasteiger partial charge in [-0.2, -0.15) is 0 Å². The van der Waals surface area contributed by atoms with Gasteiger partial charge in [0.15, 0.2) is 0 Å². The van der Waals surface area contributed by atoms with Crippen LogP contribution in [0.1, 0.15) is 36.0 Å². The van der Waals surface area contributed by atoms with Gasteiger partial charge in [0.05, 0.1) is 18.7 Å². The molecule has 1 aliphatic rings. The molecule has 0 aromatic heterocycles. The molecule has 1 aliphatic heterocycles. The molecule has 0 aliphatic carbocycles. The maximum atomic E-state index is 13.1. The third-order valence-corrected chi connectivity index (χ3v) is 5.65. The Morgan fingerprint density at radius 3 is 2.47 bits per heavy atom. The van der Waals surface area contributed by atoms with Crippen LogP contribution in [0.4, 0.5) is 0 Å². The van der Waals surface area contributed by atoms with Crippen molar-refractivity contribution < 1.29 is 19.1 Å². The van der Waals surface area contributed by atoms with Crippen molar-refractivity contribution in [1.29, 1.82) is 0 Å². The summed E-state index contributed by atoms with van der Waals surface area (Å²) in [5, 5.41) is 0.525. The number of carbonyl (C=O) groups excluding carboxylic acids is 2. The standard InChI is InChI=1S/C24H26ClNO4/c1-16-8-10-18(11-9-16)15-26-17(2)23(24(28)30-13-12-29-3)20(14-22(26)27)19-6-4-5-7-21(19)25/h4-11,20H,12-15H2,1-3H3. The van der Waals surface area contributed by atoms with Gasteiger partial charge in [-0.15, -0.1) is 0 Å². The highest BCUT2D eigenvalue weighted by molar-refractivity contribution is 6.31. The SMILES string of the molecule is COCCOC(=O)C1=C(C)N(Cc2ccc(C)cc2)C(=O)CC1c1ccccc1Cl. The molecule has 30 heavy (non-hydrogen) atoms. The Balaban J connectivity index is 1.99. The van der Waals surface area contributed by atoms with Crippen LogP contribution in [-0.4, -0.2) is 37.1 Å². The molecule has 2 aromatic rings. The molecule has 1 heterocycles. The molecular weight excluding hydrogens is 402 g/mol. The largest absolute Gasteiger partial charge is 0.460 e. The number of rotatable bonds is 7. The van der Waals surface area contributed by atoms with E-state index in [-0.39, 0.29) is 18.9 Å². The lowest BCUT2D eigenvalue weighted by Crippen LogP contribution is -2.38. The van der Waals surface area contributed by atoms with Crippen molar-refractivity contribution in [3.8, 4) is 0 Å². The van der Waals surface area contributed by atoms with Crippen molar-refractivity contribution in [2.45, 2.75) is 32.7 Å². The van der Waals surface area contributed by atoms with E-state index in [4.69, 9.17) is 21.1 Å². The molecule has 0 radical (unpaired) electrons. The first-order chi connectivity index (χ1) is 14.4. The van der Waals surface area contributed by atoms with E-state index in [0.29, 0.717) is 29.4 Å². The zero-order valence-electron chi connectivity index (χ0n) is 17.5. The molecule has 158 valence electrons.